The molecule has 5 heteroatoms. The molecule has 0 fully saturated rings. The van der Waals surface area contributed by atoms with Gasteiger partial charge in [0, 0.05) is 29.3 Å². The van der Waals surface area contributed by atoms with Crippen LogP contribution >= 0.6 is 11.3 Å². The van der Waals surface area contributed by atoms with E-state index in [4.69, 9.17) is 4.98 Å². The van der Waals surface area contributed by atoms with Crippen molar-refractivity contribution in [3.8, 4) is 0 Å². The minimum absolute atomic E-state index is 0.831. The summed E-state index contributed by atoms with van der Waals surface area (Å²) in [7, 11) is 0. The van der Waals surface area contributed by atoms with E-state index in [1.807, 2.05) is 18.3 Å². The lowest BCUT2D eigenvalue weighted by molar-refractivity contribution is 0.866. The molecule has 1 N–H and O–H groups in total. The van der Waals surface area contributed by atoms with Crippen molar-refractivity contribution in [2.45, 2.75) is 47.0 Å². The Balaban J connectivity index is 1.74. The Kier molecular flexibility index (Phi) is 4.57. The average molecular weight is 367 g/mol. The Morgan fingerprint density at radius 2 is 1.92 bits per heavy atom. The molecule has 4 rings (SSSR count). The maximum Gasteiger partial charge on any atom is 0.143 e. The van der Waals surface area contributed by atoms with Crippen LogP contribution in [0.5, 0.6) is 0 Å². The summed E-state index contributed by atoms with van der Waals surface area (Å²) < 4.78 is 0. The van der Waals surface area contributed by atoms with Crippen molar-refractivity contribution in [1.82, 2.24) is 9.97 Å². The summed E-state index contributed by atoms with van der Waals surface area (Å²) in [6.07, 6.45) is 3.59. The molecular weight excluding hydrogens is 340 g/mol. The monoisotopic (exact) mass is 366 g/mol. The minimum Gasteiger partial charge on any atom is -0.372 e. The second-order valence-electron chi connectivity index (χ2n) is 6.95. The molecule has 2 aromatic heterocycles. The van der Waals surface area contributed by atoms with E-state index in [1.54, 1.807) is 0 Å². The van der Waals surface area contributed by atoms with Crippen LogP contribution in [0.1, 0.15) is 42.1 Å². The van der Waals surface area contributed by atoms with Gasteiger partial charge in [-0.3, -0.25) is 0 Å². The lowest BCUT2D eigenvalue weighted by Gasteiger charge is -2.22. The molecule has 0 saturated carbocycles. The van der Waals surface area contributed by atoms with Crippen LogP contribution in [0, 0.1) is 13.8 Å². The molecule has 1 aromatic carbocycles. The molecule has 0 atom stereocenters. The third-order valence-corrected chi connectivity index (χ3v) is 6.45. The van der Waals surface area contributed by atoms with Crippen molar-refractivity contribution in [1.29, 1.82) is 0 Å². The van der Waals surface area contributed by atoms with E-state index in [9.17, 15) is 0 Å². The number of rotatable bonds is 5. The number of nitrogens with zero attached hydrogens (tertiary/aromatic N) is 3. The zero-order valence-corrected chi connectivity index (χ0v) is 16.8. The second kappa shape index (κ2) is 6.88. The molecule has 2 heterocycles. The van der Waals surface area contributed by atoms with Crippen molar-refractivity contribution in [2.75, 3.05) is 23.3 Å². The first kappa shape index (κ1) is 17.3. The van der Waals surface area contributed by atoms with E-state index in [1.165, 1.54) is 39.9 Å². The van der Waals surface area contributed by atoms with Gasteiger partial charge in [0.05, 0.1) is 5.39 Å². The van der Waals surface area contributed by atoms with Gasteiger partial charge in [0.2, 0.25) is 0 Å². The molecule has 0 amide bonds. The quantitative estimate of drug-likeness (QED) is 0.657. The summed E-state index contributed by atoms with van der Waals surface area (Å²) in [6, 6.07) is 6.64. The van der Waals surface area contributed by atoms with Crippen LogP contribution in [0.4, 0.5) is 17.2 Å². The van der Waals surface area contributed by atoms with E-state index < -0.39 is 0 Å². The molecule has 0 spiro atoms. The zero-order valence-electron chi connectivity index (χ0n) is 16.0. The number of hydrogen-bond acceptors (Lipinski definition) is 5. The zero-order chi connectivity index (χ0) is 18.3. The normalized spacial score (nSPS) is 13.2. The lowest BCUT2D eigenvalue weighted by atomic mass is 10.1. The first-order valence-electron chi connectivity index (χ1n) is 9.52. The van der Waals surface area contributed by atoms with Crippen LogP contribution in [-0.2, 0) is 12.8 Å². The molecule has 0 aliphatic heterocycles. The maximum atomic E-state index is 4.75. The van der Waals surface area contributed by atoms with Gasteiger partial charge in [0.15, 0.2) is 0 Å². The fraction of sp³-hybridized carbons (Fsp3) is 0.429. The minimum atomic E-state index is 0.831. The van der Waals surface area contributed by atoms with E-state index in [0.717, 1.165) is 41.7 Å². The maximum absolute atomic E-state index is 4.75. The number of hydrogen-bond donors (Lipinski definition) is 1. The van der Waals surface area contributed by atoms with Crippen LogP contribution in [0.15, 0.2) is 18.2 Å². The smallest absolute Gasteiger partial charge is 0.143 e. The predicted molar refractivity (Wildman–Crippen MR) is 112 cm³/mol. The molecule has 136 valence electrons. The largest absolute Gasteiger partial charge is 0.372 e. The molecular formula is C21H26N4S. The van der Waals surface area contributed by atoms with Crippen molar-refractivity contribution >= 4 is 38.7 Å². The Morgan fingerprint density at radius 1 is 1.12 bits per heavy atom. The number of aryl methyl sites for hydroxylation is 4. The standard InChI is InChI=1S/C21H26N4S/c1-5-25(6-2)15-10-11-17(13(3)12-15)24-20-19-16-8-7-9-18(16)26-21(19)23-14(4)22-20/h10-12H,5-9H2,1-4H3,(H,22,23,24). The van der Waals surface area contributed by atoms with Crippen LogP contribution < -0.4 is 10.2 Å². The highest BCUT2D eigenvalue weighted by molar-refractivity contribution is 7.19. The molecule has 0 radical (unpaired) electrons. The van der Waals surface area contributed by atoms with Crippen molar-refractivity contribution < 1.29 is 0 Å². The van der Waals surface area contributed by atoms with E-state index in [2.05, 4.69) is 54.2 Å². The third-order valence-electron chi connectivity index (χ3n) is 5.27. The van der Waals surface area contributed by atoms with Gasteiger partial charge < -0.3 is 10.2 Å². The summed E-state index contributed by atoms with van der Waals surface area (Å²) in [5.74, 6) is 1.79. The van der Waals surface area contributed by atoms with Crippen LogP contribution in [0.25, 0.3) is 10.2 Å². The molecule has 3 aromatic rings. The highest BCUT2D eigenvalue weighted by Crippen LogP contribution is 2.40. The summed E-state index contributed by atoms with van der Waals surface area (Å²) in [5, 5.41) is 4.85. The number of anilines is 3. The Labute approximate surface area is 159 Å². The SMILES string of the molecule is CCN(CC)c1ccc(Nc2nc(C)nc3sc4c(c23)CCC4)c(C)c1. The number of thiophene rings is 1. The number of aromatic nitrogens is 2. The van der Waals surface area contributed by atoms with Crippen LogP contribution in [-0.4, -0.2) is 23.1 Å². The molecule has 1 aliphatic rings. The Hall–Kier alpha value is -2.14. The van der Waals surface area contributed by atoms with Gasteiger partial charge in [0.25, 0.3) is 0 Å². The molecule has 0 saturated heterocycles. The fourth-order valence-electron chi connectivity index (χ4n) is 3.89. The van der Waals surface area contributed by atoms with Crippen molar-refractivity contribution in [3.63, 3.8) is 0 Å². The molecule has 26 heavy (non-hydrogen) atoms. The molecule has 1 aliphatic carbocycles. The van der Waals surface area contributed by atoms with Gasteiger partial charge in [-0.2, -0.15) is 0 Å². The molecule has 0 unspecified atom stereocenters. The number of nitrogens with one attached hydrogen (secondary N) is 1. The highest BCUT2D eigenvalue weighted by Gasteiger charge is 2.22. The molecule has 4 nitrogen and oxygen atoms in total. The second-order valence-corrected chi connectivity index (χ2v) is 8.04. The first-order valence-corrected chi connectivity index (χ1v) is 10.3. The summed E-state index contributed by atoms with van der Waals surface area (Å²) >= 11 is 1.84. The van der Waals surface area contributed by atoms with E-state index in [-0.39, 0.29) is 0 Å². The predicted octanol–water partition coefficient (Wildman–Crippen LogP) is 5.39. The fourth-order valence-corrected chi connectivity index (χ4v) is 5.20. The third kappa shape index (κ3) is 2.94. The summed E-state index contributed by atoms with van der Waals surface area (Å²) in [4.78, 5) is 14.4. The Bertz CT molecular complexity index is 956. The van der Waals surface area contributed by atoms with Crippen LogP contribution in [0.3, 0.4) is 0 Å². The van der Waals surface area contributed by atoms with Gasteiger partial charge in [-0.25, -0.2) is 9.97 Å². The van der Waals surface area contributed by atoms with Gasteiger partial charge in [0.1, 0.15) is 16.5 Å². The summed E-state index contributed by atoms with van der Waals surface area (Å²) in [5.41, 5.74) is 5.10. The lowest BCUT2D eigenvalue weighted by Crippen LogP contribution is -2.21. The number of benzene rings is 1. The van der Waals surface area contributed by atoms with Gasteiger partial charge in [-0.05, 0) is 76.3 Å². The Morgan fingerprint density at radius 3 is 2.65 bits per heavy atom. The van der Waals surface area contributed by atoms with Crippen molar-refractivity contribution in [3.05, 3.63) is 40.0 Å². The highest BCUT2D eigenvalue weighted by atomic mass is 32.1. The van der Waals surface area contributed by atoms with E-state index in [0.29, 0.717) is 0 Å². The van der Waals surface area contributed by atoms with Crippen molar-refractivity contribution in [2.24, 2.45) is 0 Å². The first-order chi connectivity index (χ1) is 12.6. The van der Waals surface area contributed by atoms with Gasteiger partial charge >= 0.3 is 0 Å². The summed E-state index contributed by atoms with van der Waals surface area (Å²) in [6.45, 7) is 10.6. The van der Waals surface area contributed by atoms with E-state index >= 15 is 0 Å². The van der Waals surface area contributed by atoms with Gasteiger partial charge in [-0.1, -0.05) is 0 Å². The van der Waals surface area contributed by atoms with Crippen LogP contribution in [0.2, 0.25) is 0 Å². The average Bonchev–Trinajstić information content (AvgIpc) is 3.18. The topological polar surface area (TPSA) is 41.0 Å². The number of fused-ring (bicyclic) bond motifs is 3. The molecule has 0 bridgehead atoms. The van der Waals surface area contributed by atoms with Gasteiger partial charge in [-0.15, -0.1) is 11.3 Å².